The molecule has 1 aromatic heterocycles. The molecule has 0 radical (unpaired) electrons. The Bertz CT molecular complexity index is 1280. The first-order valence-electron chi connectivity index (χ1n) is 9.59. The Morgan fingerprint density at radius 2 is 1.58 bits per heavy atom. The molecule has 1 aliphatic heterocycles. The first-order chi connectivity index (χ1) is 14.5. The fourth-order valence-corrected chi connectivity index (χ4v) is 3.79. The predicted molar refractivity (Wildman–Crippen MR) is 119 cm³/mol. The van der Waals surface area contributed by atoms with Gasteiger partial charge in [0.25, 0.3) is 0 Å². The third-order valence-corrected chi connectivity index (χ3v) is 5.18. The van der Waals surface area contributed by atoms with E-state index in [4.69, 9.17) is 4.42 Å². The molecule has 0 bridgehead atoms. The summed E-state index contributed by atoms with van der Waals surface area (Å²) in [6.45, 7) is 1.52. The molecule has 31 heavy (non-hydrogen) atoms. The zero-order valence-corrected chi connectivity index (χ0v) is 17.1. The molecule has 0 spiro atoms. The Balaban J connectivity index is 0.00000231. The number of benzene rings is 3. The van der Waals surface area contributed by atoms with Crippen molar-refractivity contribution in [2.24, 2.45) is 4.99 Å². The largest absolute Gasteiger partial charge is 0.456 e. The number of amidine groups is 1. The smallest absolute Gasteiger partial charge is 0.416 e. The van der Waals surface area contributed by atoms with E-state index < -0.39 is 11.7 Å². The third-order valence-electron chi connectivity index (χ3n) is 5.18. The van der Waals surface area contributed by atoms with Gasteiger partial charge in [-0.3, -0.25) is 4.99 Å². The highest BCUT2D eigenvalue weighted by Crippen LogP contribution is 2.38. The molecular formula is C24H18ClF3N2O. The van der Waals surface area contributed by atoms with Crippen LogP contribution in [0.1, 0.15) is 11.1 Å². The van der Waals surface area contributed by atoms with Crippen LogP contribution in [0.25, 0.3) is 33.4 Å². The molecule has 0 atom stereocenters. The van der Waals surface area contributed by atoms with Gasteiger partial charge < -0.3 is 9.73 Å². The Labute approximate surface area is 183 Å². The van der Waals surface area contributed by atoms with Crippen LogP contribution >= 0.6 is 12.4 Å². The van der Waals surface area contributed by atoms with Crippen LogP contribution in [0.4, 0.5) is 13.2 Å². The molecule has 0 fully saturated rings. The number of aliphatic imine (C=N–C) groups is 1. The summed E-state index contributed by atoms with van der Waals surface area (Å²) in [5, 5.41) is 4.04. The molecule has 158 valence electrons. The van der Waals surface area contributed by atoms with Gasteiger partial charge >= 0.3 is 6.18 Å². The van der Waals surface area contributed by atoms with Crippen LogP contribution in [0.15, 0.2) is 82.2 Å². The monoisotopic (exact) mass is 442 g/mol. The number of nitrogens with zero attached hydrogens (tertiary/aromatic N) is 1. The second-order valence-electron chi connectivity index (χ2n) is 7.11. The van der Waals surface area contributed by atoms with Crippen molar-refractivity contribution >= 4 is 29.2 Å². The number of hydrogen-bond acceptors (Lipinski definition) is 3. The molecule has 1 N–H and O–H groups in total. The van der Waals surface area contributed by atoms with E-state index in [9.17, 15) is 13.2 Å². The van der Waals surface area contributed by atoms with E-state index in [1.807, 2.05) is 42.5 Å². The van der Waals surface area contributed by atoms with E-state index in [-0.39, 0.29) is 12.4 Å². The van der Waals surface area contributed by atoms with E-state index in [0.717, 1.165) is 41.5 Å². The summed E-state index contributed by atoms with van der Waals surface area (Å²) < 4.78 is 45.6. The number of hydrogen-bond donors (Lipinski definition) is 1. The normalized spacial score (nSPS) is 13.6. The van der Waals surface area contributed by atoms with Crippen LogP contribution in [-0.2, 0) is 6.18 Å². The Hall–Kier alpha value is -3.25. The maximum Gasteiger partial charge on any atom is 0.416 e. The average molecular weight is 443 g/mol. The highest BCUT2D eigenvalue weighted by Gasteiger charge is 2.30. The maximum atomic E-state index is 13.2. The zero-order valence-electron chi connectivity index (χ0n) is 16.2. The van der Waals surface area contributed by atoms with Crippen molar-refractivity contribution in [1.29, 1.82) is 0 Å². The van der Waals surface area contributed by atoms with E-state index in [0.29, 0.717) is 22.5 Å². The summed E-state index contributed by atoms with van der Waals surface area (Å²) in [5.41, 5.74) is 2.97. The number of alkyl halides is 3. The van der Waals surface area contributed by atoms with Crippen molar-refractivity contribution in [3.63, 3.8) is 0 Å². The Kier molecular flexibility index (Phi) is 5.50. The van der Waals surface area contributed by atoms with E-state index in [1.54, 1.807) is 12.1 Å². The SMILES string of the molecule is Cl.FC(F)(F)c1cccc(-c2cccc3oc(-c4ccccc4C4=NCCN4)cc23)c1. The minimum Gasteiger partial charge on any atom is -0.456 e. The molecule has 3 nitrogen and oxygen atoms in total. The zero-order chi connectivity index (χ0) is 20.7. The topological polar surface area (TPSA) is 37.5 Å². The molecule has 0 aliphatic carbocycles. The molecule has 0 unspecified atom stereocenters. The van der Waals surface area contributed by atoms with Crippen LogP contribution in [0.5, 0.6) is 0 Å². The van der Waals surface area contributed by atoms with Crippen LogP contribution < -0.4 is 5.32 Å². The number of nitrogens with one attached hydrogen (secondary N) is 1. The van der Waals surface area contributed by atoms with Gasteiger partial charge in [0.1, 0.15) is 17.2 Å². The lowest BCUT2D eigenvalue weighted by atomic mass is 9.98. The summed E-state index contributed by atoms with van der Waals surface area (Å²) in [5.74, 6) is 1.47. The standard InChI is InChI=1S/C24H17F3N2O.ClH/c25-24(26,27)16-6-3-5-15(13-16)17-9-4-10-21-20(17)14-22(30-21)18-7-1-2-8-19(18)23-28-11-12-29-23;/h1-10,13-14H,11-12H2,(H,28,29);1H. The van der Waals surface area contributed by atoms with Crippen LogP contribution in [0.3, 0.4) is 0 Å². The summed E-state index contributed by atoms with van der Waals surface area (Å²) >= 11 is 0. The number of fused-ring (bicyclic) bond motifs is 1. The molecule has 1 aliphatic rings. The second-order valence-corrected chi connectivity index (χ2v) is 7.11. The van der Waals surface area contributed by atoms with Crippen molar-refractivity contribution in [1.82, 2.24) is 5.32 Å². The number of halogens is 4. The first kappa shape index (κ1) is 21.0. The second kappa shape index (κ2) is 8.12. The van der Waals surface area contributed by atoms with Crippen LogP contribution in [0.2, 0.25) is 0 Å². The van der Waals surface area contributed by atoms with E-state index in [1.165, 1.54) is 12.1 Å². The number of furan rings is 1. The molecule has 2 heterocycles. The quantitative estimate of drug-likeness (QED) is 0.390. The lowest BCUT2D eigenvalue weighted by molar-refractivity contribution is -0.137. The van der Waals surface area contributed by atoms with Crippen molar-refractivity contribution in [2.75, 3.05) is 13.1 Å². The fraction of sp³-hybridized carbons (Fsp3) is 0.125. The van der Waals surface area contributed by atoms with Gasteiger partial charge in [-0.15, -0.1) is 12.4 Å². The van der Waals surface area contributed by atoms with Gasteiger partial charge in [0.05, 0.1) is 12.1 Å². The summed E-state index contributed by atoms with van der Waals surface area (Å²) in [6, 6.07) is 20.5. The van der Waals surface area contributed by atoms with Crippen molar-refractivity contribution in [3.8, 4) is 22.5 Å². The minimum atomic E-state index is -4.39. The highest BCUT2D eigenvalue weighted by molar-refractivity contribution is 6.06. The molecule has 7 heteroatoms. The van der Waals surface area contributed by atoms with Crippen LogP contribution in [-0.4, -0.2) is 18.9 Å². The van der Waals surface area contributed by atoms with Crippen LogP contribution in [0, 0.1) is 0 Å². The van der Waals surface area contributed by atoms with Crippen molar-refractivity contribution in [2.45, 2.75) is 6.18 Å². The molecule has 3 aromatic carbocycles. The fourth-order valence-electron chi connectivity index (χ4n) is 3.79. The summed E-state index contributed by atoms with van der Waals surface area (Å²) in [6.07, 6.45) is -4.39. The first-order valence-corrected chi connectivity index (χ1v) is 9.59. The third kappa shape index (κ3) is 3.91. The number of rotatable bonds is 3. The van der Waals surface area contributed by atoms with E-state index in [2.05, 4.69) is 10.3 Å². The molecule has 0 saturated heterocycles. The predicted octanol–water partition coefficient (Wildman–Crippen LogP) is 6.56. The van der Waals surface area contributed by atoms with Gasteiger partial charge in [0.15, 0.2) is 0 Å². The minimum absolute atomic E-state index is 0. The lowest BCUT2D eigenvalue weighted by Gasteiger charge is -2.09. The molecular weight excluding hydrogens is 425 g/mol. The van der Waals surface area contributed by atoms with Gasteiger partial charge in [-0.1, -0.05) is 48.5 Å². The van der Waals surface area contributed by atoms with E-state index >= 15 is 0 Å². The van der Waals surface area contributed by atoms with Crippen molar-refractivity contribution in [3.05, 3.63) is 83.9 Å². The average Bonchev–Trinajstić information content (AvgIpc) is 3.43. The highest BCUT2D eigenvalue weighted by atomic mass is 35.5. The molecule has 5 rings (SSSR count). The maximum absolute atomic E-state index is 13.2. The molecule has 4 aromatic rings. The molecule has 0 amide bonds. The van der Waals surface area contributed by atoms with Gasteiger partial charge in [-0.25, -0.2) is 0 Å². The Morgan fingerprint density at radius 3 is 2.32 bits per heavy atom. The van der Waals surface area contributed by atoms with Crippen molar-refractivity contribution < 1.29 is 17.6 Å². The van der Waals surface area contributed by atoms with Gasteiger partial charge in [0.2, 0.25) is 0 Å². The van der Waals surface area contributed by atoms with Gasteiger partial charge in [-0.05, 0) is 35.4 Å². The summed E-state index contributed by atoms with van der Waals surface area (Å²) in [4.78, 5) is 4.50. The Morgan fingerprint density at radius 1 is 0.839 bits per heavy atom. The lowest BCUT2D eigenvalue weighted by Crippen LogP contribution is -2.20. The molecule has 0 saturated carbocycles. The van der Waals surface area contributed by atoms with Gasteiger partial charge in [-0.2, -0.15) is 13.2 Å². The summed E-state index contributed by atoms with van der Waals surface area (Å²) in [7, 11) is 0. The van der Waals surface area contributed by atoms with Gasteiger partial charge in [0, 0.05) is 23.1 Å².